The van der Waals surface area contributed by atoms with Crippen molar-refractivity contribution in [2.45, 2.75) is 0 Å². The molecular formula is C14H15N5O3. The zero-order valence-electron chi connectivity index (χ0n) is 12.4. The highest BCUT2D eigenvalue weighted by atomic mass is 16.5. The zero-order valence-corrected chi connectivity index (χ0v) is 12.4. The molecule has 0 aliphatic carbocycles. The Hall–Kier alpha value is -3.21. The maximum atomic E-state index is 9.32. The van der Waals surface area contributed by atoms with Crippen LogP contribution in [-0.2, 0) is 0 Å². The zero-order chi connectivity index (χ0) is 16.3. The van der Waals surface area contributed by atoms with Gasteiger partial charge in [-0.25, -0.2) is 4.98 Å². The molecule has 0 aliphatic rings. The number of nitrogen functional groups attached to an aromatic ring is 2. The molecule has 114 valence electrons. The van der Waals surface area contributed by atoms with Gasteiger partial charge >= 0.3 is 0 Å². The van der Waals surface area contributed by atoms with Crippen LogP contribution in [-0.4, -0.2) is 31.3 Å². The number of nitrogens with zero attached hydrogens (tertiary/aromatic N) is 3. The molecule has 2 aromatic rings. The molecule has 0 bridgehead atoms. The summed E-state index contributed by atoms with van der Waals surface area (Å²) in [5, 5.41) is 9.32. The first-order chi connectivity index (χ1) is 10.5. The number of aromatic nitrogens is 2. The van der Waals surface area contributed by atoms with Crippen LogP contribution >= 0.6 is 0 Å². The molecule has 4 N–H and O–H groups in total. The van der Waals surface area contributed by atoms with Crippen LogP contribution in [0.1, 0.15) is 5.56 Å². The quantitative estimate of drug-likeness (QED) is 0.861. The van der Waals surface area contributed by atoms with Crippen molar-refractivity contribution in [3.8, 4) is 34.6 Å². The van der Waals surface area contributed by atoms with Crippen LogP contribution in [0, 0.1) is 11.3 Å². The van der Waals surface area contributed by atoms with Gasteiger partial charge in [-0.05, 0) is 0 Å². The van der Waals surface area contributed by atoms with Crippen LogP contribution in [0.3, 0.4) is 0 Å². The van der Waals surface area contributed by atoms with E-state index in [9.17, 15) is 5.26 Å². The Labute approximate surface area is 127 Å². The number of methoxy groups -OCH3 is 3. The van der Waals surface area contributed by atoms with Crippen LogP contribution in [0.4, 0.5) is 11.8 Å². The lowest BCUT2D eigenvalue weighted by Gasteiger charge is -2.16. The molecule has 0 atom stereocenters. The Morgan fingerprint density at radius 3 is 2.05 bits per heavy atom. The molecule has 8 nitrogen and oxygen atoms in total. The van der Waals surface area contributed by atoms with Gasteiger partial charge in [0.1, 0.15) is 40.4 Å². The molecule has 1 aromatic carbocycles. The average molecular weight is 301 g/mol. The van der Waals surface area contributed by atoms with Crippen molar-refractivity contribution in [3.05, 3.63) is 17.7 Å². The van der Waals surface area contributed by atoms with E-state index < -0.39 is 0 Å². The van der Waals surface area contributed by atoms with Crippen LogP contribution in [0.25, 0.3) is 11.3 Å². The number of nitrogens with two attached hydrogens (primary N) is 2. The van der Waals surface area contributed by atoms with Crippen molar-refractivity contribution in [2.24, 2.45) is 0 Å². The van der Waals surface area contributed by atoms with Crippen LogP contribution in [0.5, 0.6) is 17.2 Å². The van der Waals surface area contributed by atoms with Gasteiger partial charge in [0.25, 0.3) is 0 Å². The maximum absolute atomic E-state index is 9.32. The Balaban J connectivity index is 2.85. The smallest absolute Gasteiger partial charge is 0.222 e. The lowest BCUT2D eigenvalue weighted by molar-refractivity contribution is 0.377. The van der Waals surface area contributed by atoms with Crippen molar-refractivity contribution in [1.29, 1.82) is 5.26 Å². The number of hydrogen-bond acceptors (Lipinski definition) is 8. The van der Waals surface area contributed by atoms with E-state index in [1.807, 2.05) is 6.07 Å². The Morgan fingerprint density at radius 1 is 1.00 bits per heavy atom. The number of nitriles is 1. The molecule has 0 spiro atoms. The molecule has 1 heterocycles. The molecule has 0 amide bonds. The van der Waals surface area contributed by atoms with E-state index in [0.717, 1.165) is 0 Å². The van der Waals surface area contributed by atoms with Gasteiger partial charge in [-0.3, -0.25) is 0 Å². The van der Waals surface area contributed by atoms with Gasteiger partial charge in [0.15, 0.2) is 0 Å². The third kappa shape index (κ3) is 2.52. The topological polar surface area (TPSA) is 129 Å². The molecule has 0 saturated carbocycles. The highest BCUT2D eigenvalue weighted by Gasteiger charge is 2.22. The number of rotatable bonds is 4. The summed E-state index contributed by atoms with van der Waals surface area (Å²) in [6.45, 7) is 0. The second kappa shape index (κ2) is 6.05. The lowest BCUT2D eigenvalue weighted by Crippen LogP contribution is -2.06. The molecule has 0 radical (unpaired) electrons. The first-order valence-electron chi connectivity index (χ1n) is 6.19. The van der Waals surface area contributed by atoms with Gasteiger partial charge in [0.05, 0.1) is 26.9 Å². The van der Waals surface area contributed by atoms with E-state index in [4.69, 9.17) is 25.7 Å². The van der Waals surface area contributed by atoms with Crippen molar-refractivity contribution in [1.82, 2.24) is 9.97 Å². The van der Waals surface area contributed by atoms with Crippen LogP contribution < -0.4 is 25.7 Å². The minimum Gasteiger partial charge on any atom is -0.496 e. The minimum absolute atomic E-state index is 0.00933. The summed E-state index contributed by atoms with van der Waals surface area (Å²) in [6.07, 6.45) is 0. The molecule has 1 aromatic heterocycles. The van der Waals surface area contributed by atoms with Gasteiger partial charge in [-0.1, -0.05) is 0 Å². The van der Waals surface area contributed by atoms with E-state index in [0.29, 0.717) is 22.8 Å². The fraction of sp³-hybridized carbons (Fsp3) is 0.214. The summed E-state index contributed by atoms with van der Waals surface area (Å²) in [5.41, 5.74) is 12.2. The molecule has 2 rings (SSSR count). The minimum atomic E-state index is -0.0496. The van der Waals surface area contributed by atoms with Gasteiger partial charge in [0.2, 0.25) is 5.95 Å². The molecule has 0 unspecified atom stereocenters. The highest BCUT2D eigenvalue weighted by molar-refractivity contribution is 5.82. The molecule has 0 fully saturated rings. The summed E-state index contributed by atoms with van der Waals surface area (Å²) in [6, 6.07) is 5.27. The second-order valence-corrected chi connectivity index (χ2v) is 4.21. The SMILES string of the molecule is COc1cc(OC)c(-c2nc(N)nc(N)c2C#N)c(OC)c1. The number of ether oxygens (including phenoxy) is 3. The normalized spacial score (nSPS) is 9.91. The maximum Gasteiger partial charge on any atom is 0.222 e. The summed E-state index contributed by atoms with van der Waals surface area (Å²) in [7, 11) is 4.49. The number of anilines is 2. The number of hydrogen-bond donors (Lipinski definition) is 2. The van der Waals surface area contributed by atoms with Gasteiger partial charge in [-0.15, -0.1) is 0 Å². The Bertz CT molecular complexity index is 730. The van der Waals surface area contributed by atoms with E-state index in [2.05, 4.69) is 9.97 Å². The average Bonchev–Trinajstić information content (AvgIpc) is 2.52. The second-order valence-electron chi connectivity index (χ2n) is 4.21. The molecule has 0 aliphatic heterocycles. The third-order valence-corrected chi connectivity index (χ3v) is 3.02. The predicted molar refractivity (Wildman–Crippen MR) is 80.7 cm³/mol. The van der Waals surface area contributed by atoms with Crippen LogP contribution in [0.15, 0.2) is 12.1 Å². The van der Waals surface area contributed by atoms with Crippen LogP contribution in [0.2, 0.25) is 0 Å². The lowest BCUT2D eigenvalue weighted by atomic mass is 10.0. The molecule has 22 heavy (non-hydrogen) atoms. The van der Waals surface area contributed by atoms with E-state index >= 15 is 0 Å². The monoisotopic (exact) mass is 301 g/mol. The fourth-order valence-electron chi connectivity index (χ4n) is 2.03. The summed E-state index contributed by atoms with van der Waals surface area (Å²) in [5.74, 6) is 1.29. The molecule has 8 heteroatoms. The van der Waals surface area contributed by atoms with Crippen molar-refractivity contribution < 1.29 is 14.2 Å². The third-order valence-electron chi connectivity index (χ3n) is 3.02. The first-order valence-corrected chi connectivity index (χ1v) is 6.19. The van der Waals surface area contributed by atoms with E-state index in [-0.39, 0.29) is 23.0 Å². The van der Waals surface area contributed by atoms with Gasteiger partial charge < -0.3 is 25.7 Å². The standard InChI is InChI=1S/C14H15N5O3/c1-20-7-4-9(21-2)11(10(5-7)22-3)12-8(6-15)13(16)19-14(17)18-12/h4-5H,1-3H3,(H4,16,17,18,19). The first kappa shape index (κ1) is 15.2. The van der Waals surface area contributed by atoms with Crippen molar-refractivity contribution in [2.75, 3.05) is 32.8 Å². The highest BCUT2D eigenvalue weighted by Crippen LogP contribution is 2.42. The van der Waals surface area contributed by atoms with Gasteiger partial charge in [-0.2, -0.15) is 10.2 Å². The van der Waals surface area contributed by atoms with E-state index in [1.54, 1.807) is 12.1 Å². The van der Waals surface area contributed by atoms with Crippen molar-refractivity contribution >= 4 is 11.8 Å². The summed E-state index contributed by atoms with van der Waals surface area (Å²) in [4.78, 5) is 7.90. The number of benzene rings is 1. The summed E-state index contributed by atoms with van der Waals surface area (Å²) < 4.78 is 15.9. The summed E-state index contributed by atoms with van der Waals surface area (Å²) >= 11 is 0. The Kier molecular flexibility index (Phi) is 4.18. The van der Waals surface area contributed by atoms with Gasteiger partial charge in [0, 0.05) is 12.1 Å². The Morgan fingerprint density at radius 2 is 1.59 bits per heavy atom. The molecule has 0 saturated heterocycles. The predicted octanol–water partition coefficient (Wildman–Crippen LogP) is 1.21. The molecular weight excluding hydrogens is 286 g/mol. The van der Waals surface area contributed by atoms with E-state index in [1.165, 1.54) is 21.3 Å². The largest absolute Gasteiger partial charge is 0.496 e. The van der Waals surface area contributed by atoms with Crippen molar-refractivity contribution in [3.63, 3.8) is 0 Å². The fourth-order valence-corrected chi connectivity index (χ4v) is 2.03.